The van der Waals surface area contributed by atoms with Gasteiger partial charge < -0.3 is 10.5 Å². The van der Waals surface area contributed by atoms with E-state index in [9.17, 15) is 13.2 Å². The van der Waals surface area contributed by atoms with Gasteiger partial charge in [0.2, 0.25) is 0 Å². The third-order valence-corrected chi connectivity index (χ3v) is 3.64. The van der Waals surface area contributed by atoms with Crippen LogP contribution in [0.5, 0.6) is 0 Å². The highest BCUT2D eigenvalue weighted by Crippen LogP contribution is 2.41. The summed E-state index contributed by atoms with van der Waals surface area (Å²) in [6, 6.07) is 5.72. The fraction of sp³-hybridized carbons (Fsp3) is 0.538. The molecule has 1 aliphatic rings. The lowest BCUT2D eigenvalue weighted by molar-refractivity contribution is -0.139. The Balaban J connectivity index is 0.00000180. The Morgan fingerprint density at radius 2 is 1.74 bits per heavy atom. The molecule has 1 fully saturated rings. The van der Waals surface area contributed by atoms with E-state index in [1.807, 2.05) is 0 Å². The van der Waals surface area contributed by atoms with Crippen LogP contribution in [0.1, 0.15) is 24.0 Å². The first-order valence-corrected chi connectivity index (χ1v) is 5.94. The van der Waals surface area contributed by atoms with E-state index in [2.05, 4.69) is 0 Å². The SMILES string of the molecule is Cl.NCC1(c2ccccc2C(F)(F)F)CCOCC1. The van der Waals surface area contributed by atoms with Gasteiger partial charge in [0.15, 0.2) is 0 Å². The Morgan fingerprint density at radius 1 is 1.16 bits per heavy atom. The second kappa shape index (κ2) is 6.11. The number of hydrogen-bond donors (Lipinski definition) is 1. The van der Waals surface area contributed by atoms with E-state index in [-0.39, 0.29) is 19.0 Å². The Kier molecular flexibility index (Phi) is 5.24. The minimum absolute atomic E-state index is 0. The van der Waals surface area contributed by atoms with Crippen LogP contribution in [0.25, 0.3) is 0 Å². The molecule has 108 valence electrons. The van der Waals surface area contributed by atoms with Gasteiger partial charge in [0.25, 0.3) is 0 Å². The van der Waals surface area contributed by atoms with Gasteiger partial charge in [-0.05, 0) is 24.5 Å². The maximum Gasteiger partial charge on any atom is 0.416 e. The first kappa shape index (κ1) is 16.3. The largest absolute Gasteiger partial charge is 0.416 e. The van der Waals surface area contributed by atoms with Crippen molar-refractivity contribution in [2.24, 2.45) is 5.73 Å². The minimum atomic E-state index is -4.34. The molecule has 1 aliphatic heterocycles. The molecule has 2 nitrogen and oxygen atoms in total. The van der Waals surface area contributed by atoms with Gasteiger partial charge in [0.1, 0.15) is 0 Å². The van der Waals surface area contributed by atoms with Crippen molar-refractivity contribution < 1.29 is 17.9 Å². The molecule has 0 bridgehead atoms. The molecule has 0 atom stereocenters. The maximum atomic E-state index is 13.0. The van der Waals surface area contributed by atoms with E-state index in [0.29, 0.717) is 31.6 Å². The summed E-state index contributed by atoms with van der Waals surface area (Å²) >= 11 is 0. The summed E-state index contributed by atoms with van der Waals surface area (Å²) in [6.07, 6.45) is -3.26. The first-order chi connectivity index (χ1) is 8.49. The van der Waals surface area contributed by atoms with E-state index < -0.39 is 17.2 Å². The molecule has 6 heteroatoms. The van der Waals surface area contributed by atoms with Crippen LogP contribution in [0.4, 0.5) is 13.2 Å². The summed E-state index contributed by atoms with van der Waals surface area (Å²) in [4.78, 5) is 0. The first-order valence-electron chi connectivity index (χ1n) is 5.94. The van der Waals surface area contributed by atoms with Crippen LogP contribution in [0, 0.1) is 0 Å². The second-order valence-electron chi connectivity index (χ2n) is 4.64. The number of rotatable bonds is 2. The predicted octanol–water partition coefficient (Wildman–Crippen LogP) is 3.13. The third kappa shape index (κ3) is 3.22. The number of benzene rings is 1. The molecule has 0 unspecified atom stereocenters. The van der Waals surface area contributed by atoms with Gasteiger partial charge in [-0.2, -0.15) is 13.2 Å². The van der Waals surface area contributed by atoms with E-state index in [1.165, 1.54) is 6.07 Å². The van der Waals surface area contributed by atoms with Crippen LogP contribution in [0.3, 0.4) is 0 Å². The maximum absolute atomic E-state index is 13.0. The fourth-order valence-corrected chi connectivity index (χ4v) is 2.54. The molecule has 0 spiro atoms. The minimum Gasteiger partial charge on any atom is -0.381 e. The molecular weight excluding hydrogens is 279 g/mol. The Morgan fingerprint density at radius 3 is 2.26 bits per heavy atom. The van der Waals surface area contributed by atoms with Crippen molar-refractivity contribution >= 4 is 12.4 Å². The molecule has 0 aliphatic carbocycles. The van der Waals surface area contributed by atoms with Crippen molar-refractivity contribution in [1.29, 1.82) is 0 Å². The van der Waals surface area contributed by atoms with Crippen molar-refractivity contribution in [3.05, 3.63) is 35.4 Å². The average molecular weight is 296 g/mol. The summed E-state index contributed by atoms with van der Waals surface area (Å²) in [6.45, 7) is 1.14. The van der Waals surface area contributed by atoms with Crippen molar-refractivity contribution in [1.82, 2.24) is 0 Å². The van der Waals surface area contributed by atoms with Gasteiger partial charge >= 0.3 is 6.18 Å². The monoisotopic (exact) mass is 295 g/mol. The highest BCUT2D eigenvalue weighted by atomic mass is 35.5. The van der Waals surface area contributed by atoms with Gasteiger partial charge in [0, 0.05) is 25.2 Å². The average Bonchev–Trinajstić information content (AvgIpc) is 2.38. The van der Waals surface area contributed by atoms with Crippen molar-refractivity contribution in [2.75, 3.05) is 19.8 Å². The van der Waals surface area contributed by atoms with Gasteiger partial charge in [-0.3, -0.25) is 0 Å². The Labute approximate surface area is 116 Å². The smallest absolute Gasteiger partial charge is 0.381 e. The van der Waals surface area contributed by atoms with Gasteiger partial charge in [-0.1, -0.05) is 18.2 Å². The van der Waals surface area contributed by atoms with Gasteiger partial charge in [-0.25, -0.2) is 0 Å². The van der Waals surface area contributed by atoms with E-state index in [0.717, 1.165) is 6.07 Å². The number of alkyl halides is 3. The normalized spacial score (nSPS) is 18.7. The number of hydrogen-bond acceptors (Lipinski definition) is 2. The van der Waals surface area contributed by atoms with E-state index in [1.54, 1.807) is 12.1 Å². The zero-order chi connectivity index (χ0) is 13.2. The van der Waals surface area contributed by atoms with Crippen molar-refractivity contribution in [3.63, 3.8) is 0 Å². The van der Waals surface area contributed by atoms with Crippen molar-refractivity contribution in [2.45, 2.75) is 24.4 Å². The quantitative estimate of drug-likeness (QED) is 0.910. The topological polar surface area (TPSA) is 35.2 Å². The van der Waals surface area contributed by atoms with Crippen LogP contribution in [0.2, 0.25) is 0 Å². The molecule has 19 heavy (non-hydrogen) atoms. The van der Waals surface area contributed by atoms with Crippen LogP contribution in [0.15, 0.2) is 24.3 Å². The standard InChI is InChI=1S/C13H16F3NO.ClH/c14-13(15,16)11-4-2-1-3-10(11)12(9-17)5-7-18-8-6-12;/h1-4H,5-9,17H2;1H. The predicted molar refractivity (Wildman–Crippen MR) is 69.5 cm³/mol. The van der Waals surface area contributed by atoms with Crippen LogP contribution >= 0.6 is 12.4 Å². The van der Waals surface area contributed by atoms with Crippen LogP contribution in [-0.2, 0) is 16.3 Å². The second-order valence-corrected chi connectivity index (χ2v) is 4.64. The molecule has 1 aromatic rings. The van der Waals surface area contributed by atoms with Crippen LogP contribution in [-0.4, -0.2) is 19.8 Å². The molecule has 2 rings (SSSR count). The molecule has 1 heterocycles. The van der Waals surface area contributed by atoms with Gasteiger partial charge in [0.05, 0.1) is 5.56 Å². The molecular formula is C13H17ClF3NO. The molecule has 1 aromatic carbocycles. The summed E-state index contributed by atoms with van der Waals surface area (Å²) in [7, 11) is 0. The number of halogens is 4. The van der Waals surface area contributed by atoms with Crippen LogP contribution < -0.4 is 5.73 Å². The zero-order valence-corrected chi connectivity index (χ0v) is 11.2. The lowest BCUT2D eigenvalue weighted by Gasteiger charge is -2.38. The fourth-order valence-electron chi connectivity index (χ4n) is 2.54. The Hall–Kier alpha value is -0.780. The van der Waals surface area contributed by atoms with E-state index >= 15 is 0 Å². The number of nitrogens with two attached hydrogens (primary N) is 1. The number of ether oxygens (including phenoxy) is 1. The molecule has 2 N–H and O–H groups in total. The summed E-state index contributed by atoms with van der Waals surface area (Å²) in [5.41, 5.74) is 4.89. The highest BCUT2D eigenvalue weighted by Gasteiger charge is 2.41. The summed E-state index contributed by atoms with van der Waals surface area (Å²) in [5, 5.41) is 0. The lowest BCUT2D eigenvalue weighted by atomic mass is 9.72. The molecule has 0 aromatic heterocycles. The highest BCUT2D eigenvalue weighted by molar-refractivity contribution is 5.85. The molecule has 1 saturated heterocycles. The molecule has 0 saturated carbocycles. The zero-order valence-electron chi connectivity index (χ0n) is 10.4. The molecule has 0 amide bonds. The third-order valence-electron chi connectivity index (χ3n) is 3.64. The Bertz CT molecular complexity index is 417. The lowest BCUT2D eigenvalue weighted by Crippen LogP contribution is -2.42. The van der Waals surface area contributed by atoms with E-state index in [4.69, 9.17) is 10.5 Å². The van der Waals surface area contributed by atoms with Crippen molar-refractivity contribution in [3.8, 4) is 0 Å². The summed E-state index contributed by atoms with van der Waals surface area (Å²) in [5.74, 6) is 0. The molecule has 0 radical (unpaired) electrons. The van der Waals surface area contributed by atoms with Gasteiger partial charge in [-0.15, -0.1) is 12.4 Å². The summed E-state index contributed by atoms with van der Waals surface area (Å²) < 4.78 is 44.3.